The minimum atomic E-state index is -0.0204. The van der Waals surface area contributed by atoms with Crippen molar-refractivity contribution in [3.05, 3.63) is 64.7 Å². The SMILES string of the molecule is COc1ccccc1C(=O)N1CCN(CC(=O)c2cc(C)ccc2C)CC1. The van der Waals surface area contributed by atoms with Gasteiger partial charge in [0, 0.05) is 31.7 Å². The zero-order valence-corrected chi connectivity index (χ0v) is 16.2. The smallest absolute Gasteiger partial charge is 0.257 e. The van der Waals surface area contributed by atoms with Gasteiger partial charge in [-0.15, -0.1) is 0 Å². The van der Waals surface area contributed by atoms with Gasteiger partial charge in [-0.3, -0.25) is 14.5 Å². The molecule has 1 heterocycles. The summed E-state index contributed by atoms with van der Waals surface area (Å²) in [7, 11) is 1.57. The first-order valence-electron chi connectivity index (χ1n) is 9.24. The monoisotopic (exact) mass is 366 g/mol. The predicted molar refractivity (Wildman–Crippen MR) is 106 cm³/mol. The molecule has 0 N–H and O–H groups in total. The van der Waals surface area contributed by atoms with Gasteiger partial charge in [0.15, 0.2) is 5.78 Å². The number of aryl methyl sites for hydroxylation is 2. The van der Waals surface area contributed by atoms with E-state index in [4.69, 9.17) is 4.74 Å². The largest absolute Gasteiger partial charge is 0.496 e. The van der Waals surface area contributed by atoms with E-state index in [9.17, 15) is 9.59 Å². The fraction of sp³-hybridized carbons (Fsp3) is 0.364. The predicted octanol–water partition coefficient (Wildman–Crippen LogP) is 2.95. The van der Waals surface area contributed by atoms with Crippen LogP contribution in [0.25, 0.3) is 0 Å². The Morgan fingerprint density at radius 2 is 1.67 bits per heavy atom. The van der Waals surface area contributed by atoms with Crippen LogP contribution in [-0.4, -0.2) is 61.3 Å². The van der Waals surface area contributed by atoms with Crippen molar-refractivity contribution in [1.29, 1.82) is 0 Å². The molecule has 5 nitrogen and oxygen atoms in total. The van der Waals surface area contributed by atoms with Gasteiger partial charge in [-0.05, 0) is 37.6 Å². The quantitative estimate of drug-likeness (QED) is 0.764. The molecule has 2 aromatic rings. The zero-order valence-electron chi connectivity index (χ0n) is 16.2. The van der Waals surface area contributed by atoms with E-state index < -0.39 is 0 Å². The Hall–Kier alpha value is -2.66. The van der Waals surface area contributed by atoms with E-state index in [-0.39, 0.29) is 11.7 Å². The molecule has 0 spiro atoms. The van der Waals surface area contributed by atoms with Crippen LogP contribution in [0.5, 0.6) is 5.75 Å². The van der Waals surface area contributed by atoms with Gasteiger partial charge in [-0.25, -0.2) is 0 Å². The molecular weight excluding hydrogens is 340 g/mol. The summed E-state index contributed by atoms with van der Waals surface area (Å²) in [6.45, 7) is 6.96. The number of para-hydroxylation sites is 1. The van der Waals surface area contributed by atoms with Crippen molar-refractivity contribution in [3.8, 4) is 5.75 Å². The Kier molecular flexibility index (Phi) is 5.91. The molecule has 3 rings (SSSR count). The van der Waals surface area contributed by atoms with Crippen LogP contribution >= 0.6 is 0 Å². The van der Waals surface area contributed by atoms with Crippen LogP contribution in [0.4, 0.5) is 0 Å². The van der Waals surface area contributed by atoms with Crippen molar-refractivity contribution in [2.24, 2.45) is 0 Å². The van der Waals surface area contributed by atoms with Crippen LogP contribution in [0, 0.1) is 13.8 Å². The molecule has 0 unspecified atom stereocenters. The van der Waals surface area contributed by atoms with Crippen LogP contribution < -0.4 is 4.74 Å². The molecule has 0 saturated carbocycles. The molecule has 0 bridgehead atoms. The first-order valence-corrected chi connectivity index (χ1v) is 9.24. The highest BCUT2D eigenvalue weighted by Gasteiger charge is 2.25. The van der Waals surface area contributed by atoms with Crippen molar-refractivity contribution in [2.45, 2.75) is 13.8 Å². The van der Waals surface area contributed by atoms with E-state index in [0.717, 1.165) is 16.7 Å². The maximum absolute atomic E-state index is 12.8. The first kappa shape index (κ1) is 19.1. The minimum absolute atomic E-state index is 0.0204. The van der Waals surface area contributed by atoms with Crippen molar-refractivity contribution in [1.82, 2.24) is 9.80 Å². The number of rotatable bonds is 5. The number of ether oxygens (including phenoxy) is 1. The number of Topliss-reactive ketones (excluding diaryl/α,β-unsaturated/α-hetero) is 1. The van der Waals surface area contributed by atoms with Crippen molar-refractivity contribution >= 4 is 11.7 Å². The third-order valence-corrected chi connectivity index (χ3v) is 5.06. The number of nitrogens with zero attached hydrogens (tertiary/aromatic N) is 2. The third kappa shape index (κ3) is 4.37. The first-order chi connectivity index (χ1) is 13.0. The van der Waals surface area contributed by atoms with Crippen LogP contribution in [0.15, 0.2) is 42.5 Å². The summed E-state index contributed by atoms with van der Waals surface area (Å²) < 4.78 is 5.30. The number of amides is 1. The number of carbonyl (C=O) groups is 2. The number of hydrogen-bond donors (Lipinski definition) is 0. The lowest BCUT2D eigenvalue weighted by molar-refractivity contribution is 0.0621. The number of piperazine rings is 1. The molecule has 1 fully saturated rings. The number of ketones is 1. The second-order valence-corrected chi connectivity index (χ2v) is 7.01. The number of benzene rings is 2. The van der Waals surface area contributed by atoms with E-state index in [2.05, 4.69) is 4.90 Å². The van der Waals surface area contributed by atoms with E-state index >= 15 is 0 Å². The van der Waals surface area contributed by atoms with Crippen LogP contribution in [0.3, 0.4) is 0 Å². The fourth-order valence-corrected chi connectivity index (χ4v) is 3.43. The average Bonchev–Trinajstić information content (AvgIpc) is 2.69. The summed E-state index contributed by atoms with van der Waals surface area (Å²) >= 11 is 0. The second-order valence-electron chi connectivity index (χ2n) is 7.01. The minimum Gasteiger partial charge on any atom is -0.496 e. The fourth-order valence-electron chi connectivity index (χ4n) is 3.43. The summed E-state index contributed by atoms with van der Waals surface area (Å²) in [5.41, 5.74) is 3.48. The molecule has 0 atom stereocenters. The van der Waals surface area contributed by atoms with Gasteiger partial charge in [0.1, 0.15) is 5.75 Å². The number of methoxy groups -OCH3 is 1. The molecule has 1 aliphatic rings. The molecule has 0 radical (unpaired) electrons. The number of hydrogen-bond acceptors (Lipinski definition) is 4. The van der Waals surface area contributed by atoms with E-state index in [1.165, 1.54) is 0 Å². The van der Waals surface area contributed by atoms with Gasteiger partial charge < -0.3 is 9.64 Å². The summed E-state index contributed by atoms with van der Waals surface area (Å²) in [6, 6.07) is 13.3. The maximum Gasteiger partial charge on any atom is 0.257 e. The molecule has 1 saturated heterocycles. The van der Waals surface area contributed by atoms with Gasteiger partial charge >= 0.3 is 0 Å². The molecule has 27 heavy (non-hydrogen) atoms. The summed E-state index contributed by atoms with van der Waals surface area (Å²) in [5, 5.41) is 0. The Labute approximate surface area is 160 Å². The number of carbonyl (C=O) groups excluding carboxylic acids is 2. The maximum atomic E-state index is 12.8. The lowest BCUT2D eigenvalue weighted by Gasteiger charge is -2.34. The lowest BCUT2D eigenvalue weighted by atomic mass is 10.0. The van der Waals surface area contributed by atoms with Gasteiger partial charge in [0.2, 0.25) is 0 Å². The highest BCUT2D eigenvalue weighted by atomic mass is 16.5. The van der Waals surface area contributed by atoms with E-state index in [1.54, 1.807) is 19.2 Å². The average molecular weight is 366 g/mol. The summed E-state index contributed by atoms with van der Waals surface area (Å²) in [6.07, 6.45) is 0. The lowest BCUT2D eigenvalue weighted by Crippen LogP contribution is -2.50. The highest BCUT2D eigenvalue weighted by molar-refractivity contribution is 5.99. The Morgan fingerprint density at radius 1 is 0.963 bits per heavy atom. The van der Waals surface area contributed by atoms with E-state index in [0.29, 0.717) is 44.0 Å². The second kappa shape index (κ2) is 8.35. The van der Waals surface area contributed by atoms with Crippen LogP contribution in [0.2, 0.25) is 0 Å². The summed E-state index contributed by atoms with van der Waals surface area (Å²) in [5.74, 6) is 0.712. The molecule has 2 aromatic carbocycles. The van der Waals surface area contributed by atoms with Gasteiger partial charge in [0.05, 0.1) is 19.2 Å². The topological polar surface area (TPSA) is 49.9 Å². The molecule has 1 amide bonds. The molecule has 5 heteroatoms. The van der Waals surface area contributed by atoms with Crippen LogP contribution in [0.1, 0.15) is 31.8 Å². The molecule has 1 aliphatic heterocycles. The van der Waals surface area contributed by atoms with Crippen molar-refractivity contribution in [3.63, 3.8) is 0 Å². The van der Waals surface area contributed by atoms with E-state index in [1.807, 2.05) is 49.1 Å². The van der Waals surface area contributed by atoms with Gasteiger partial charge in [-0.1, -0.05) is 29.8 Å². The Balaban J connectivity index is 1.59. The zero-order chi connectivity index (χ0) is 19.4. The van der Waals surface area contributed by atoms with Gasteiger partial charge in [-0.2, -0.15) is 0 Å². The third-order valence-electron chi connectivity index (χ3n) is 5.06. The standard InChI is InChI=1S/C22H26N2O3/c1-16-8-9-17(2)19(14-16)20(25)15-23-10-12-24(13-11-23)22(26)18-6-4-5-7-21(18)27-3/h4-9,14H,10-13,15H2,1-3H3. The Morgan fingerprint density at radius 3 is 2.37 bits per heavy atom. The van der Waals surface area contributed by atoms with Gasteiger partial charge in [0.25, 0.3) is 5.91 Å². The van der Waals surface area contributed by atoms with Crippen LogP contribution in [-0.2, 0) is 0 Å². The molecular formula is C22H26N2O3. The highest BCUT2D eigenvalue weighted by Crippen LogP contribution is 2.20. The Bertz CT molecular complexity index is 839. The van der Waals surface area contributed by atoms with Crippen molar-refractivity contribution in [2.75, 3.05) is 39.8 Å². The normalized spacial score (nSPS) is 14.9. The molecule has 142 valence electrons. The van der Waals surface area contributed by atoms with Crippen molar-refractivity contribution < 1.29 is 14.3 Å². The molecule has 0 aliphatic carbocycles. The molecule has 0 aromatic heterocycles. The summed E-state index contributed by atoms with van der Waals surface area (Å²) in [4.78, 5) is 29.4.